The van der Waals surface area contributed by atoms with Crippen molar-refractivity contribution >= 4 is 28.4 Å². The van der Waals surface area contributed by atoms with Crippen molar-refractivity contribution < 1.29 is 32.1 Å². The Balaban J connectivity index is 1.22. The van der Waals surface area contributed by atoms with Crippen LogP contribution in [-0.2, 0) is 23.9 Å². The van der Waals surface area contributed by atoms with Gasteiger partial charge in [-0.15, -0.1) is 0 Å². The van der Waals surface area contributed by atoms with E-state index in [1.165, 1.54) is 33.6 Å². The molecule has 0 unspecified atom stereocenters. The van der Waals surface area contributed by atoms with Crippen molar-refractivity contribution in [3.8, 4) is 16.8 Å². The van der Waals surface area contributed by atoms with Crippen LogP contribution in [0.5, 0.6) is 0 Å². The van der Waals surface area contributed by atoms with Gasteiger partial charge < -0.3 is 24.8 Å². The SMILES string of the molecule is Nc1noc2ccc(-n3nc(C(F)(F)F)c4c3C(=O)N(c3ccc(-c5ccccc5C[NH+]5CCOCC5)cc3)CC4)cc12. The van der Waals surface area contributed by atoms with Crippen LogP contribution in [-0.4, -0.2) is 53.7 Å². The molecule has 7 rings (SSSR count). The van der Waals surface area contributed by atoms with Crippen LogP contribution in [0.1, 0.15) is 27.3 Å². The van der Waals surface area contributed by atoms with Crippen molar-refractivity contribution in [3.63, 3.8) is 0 Å². The first kappa shape index (κ1) is 27.2. The molecule has 0 aliphatic carbocycles. The molecule has 9 nitrogen and oxygen atoms in total. The van der Waals surface area contributed by atoms with Gasteiger partial charge >= 0.3 is 6.18 Å². The van der Waals surface area contributed by atoms with Gasteiger partial charge in [0.1, 0.15) is 25.3 Å². The van der Waals surface area contributed by atoms with Crippen LogP contribution in [0, 0.1) is 0 Å². The lowest BCUT2D eigenvalue weighted by atomic mass is 9.98. The molecule has 0 atom stereocenters. The second kappa shape index (κ2) is 10.5. The number of benzene rings is 3. The molecule has 12 heteroatoms. The molecule has 3 aromatic carbocycles. The van der Waals surface area contributed by atoms with Gasteiger partial charge in [0.25, 0.3) is 5.91 Å². The van der Waals surface area contributed by atoms with Gasteiger partial charge in [0.05, 0.1) is 24.3 Å². The zero-order chi connectivity index (χ0) is 29.7. The summed E-state index contributed by atoms with van der Waals surface area (Å²) in [6, 6.07) is 20.4. The number of aromatic nitrogens is 3. The highest BCUT2D eigenvalue weighted by atomic mass is 19.4. The predicted molar refractivity (Wildman–Crippen MR) is 153 cm³/mol. The Kier molecular flexibility index (Phi) is 6.66. The van der Waals surface area contributed by atoms with E-state index in [0.29, 0.717) is 16.7 Å². The molecule has 1 saturated heterocycles. The number of amides is 1. The van der Waals surface area contributed by atoms with Gasteiger partial charge in [-0.05, 0) is 47.9 Å². The quantitative estimate of drug-likeness (QED) is 0.323. The van der Waals surface area contributed by atoms with Gasteiger partial charge in [-0.2, -0.15) is 18.3 Å². The van der Waals surface area contributed by atoms with Gasteiger partial charge in [0.2, 0.25) is 0 Å². The Morgan fingerprint density at radius 1 is 0.977 bits per heavy atom. The van der Waals surface area contributed by atoms with E-state index in [0.717, 1.165) is 48.7 Å². The summed E-state index contributed by atoms with van der Waals surface area (Å²) >= 11 is 0. The van der Waals surface area contributed by atoms with E-state index in [9.17, 15) is 18.0 Å². The summed E-state index contributed by atoms with van der Waals surface area (Å²) in [5.41, 5.74) is 9.11. The number of fused-ring (bicyclic) bond motifs is 2. The number of ether oxygens (including phenoxy) is 1. The van der Waals surface area contributed by atoms with Crippen LogP contribution in [0.3, 0.4) is 0 Å². The maximum Gasteiger partial charge on any atom is 0.435 e. The fourth-order valence-corrected chi connectivity index (χ4v) is 5.98. The fraction of sp³-hybridized carbons (Fsp3) is 0.258. The smallest absolute Gasteiger partial charge is 0.380 e. The molecule has 1 fully saturated rings. The second-order valence-electron chi connectivity index (χ2n) is 10.8. The summed E-state index contributed by atoms with van der Waals surface area (Å²) < 4.78 is 53.8. The molecule has 2 aliphatic rings. The minimum atomic E-state index is -4.73. The topological polar surface area (TPSA) is 104 Å². The van der Waals surface area contributed by atoms with E-state index in [-0.39, 0.29) is 35.7 Å². The van der Waals surface area contributed by atoms with Gasteiger partial charge in [0, 0.05) is 23.4 Å². The Labute approximate surface area is 244 Å². The van der Waals surface area contributed by atoms with E-state index in [2.05, 4.69) is 22.4 Å². The molecule has 3 N–H and O–H groups in total. The molecule has 1 amide bonds. The zero-order valence-corrected chi connectivity index (χ0v) is 23.0. The summed E-state index contributed by atoms with van der Waals surface area (Å²) in [7, 11) is 0. The number of rotatable bonds is 5. The second-order valence-corrected chi connectivity index (χ2v) is 10.8. The maximum atomic E-state index is 14.1. The third-order valence-electron chi connectivity index (χ3n) is 8.16. The van der Waals surface area contributed by atoms with Crippen LogP contribution < -0.4 is 15.5 Å². The molecule has 0 bridgehead atoms. The summed E-state index contributed by atoms with van der Waals surface area (Å²) in [4.78, 5) is 16.9. The number of nitrogen functional groups attached to an aromatic ring is 1. The number of nitrogens with one attached hydrogen (secondary N) is 1. The van der Waals surface area contributed by atoms with Crippen LogP contribution in [0.4, 0.5) is 24.7 Å². The van der Waals surface area contributed by atoms with Crippen molar-refractivity contribution in [3.05, 3.63) is 89.2 Å². The van der Waals surface area contributed by atoms with E-state index < -0.39 is 17.8 Å². The van der Waals surface area contributed by atoms with Gasteiger partial charge in [-0.25, -0.2) is 4.68 Å². The number of carbonyl (C=O) groups is 1. The first-order valence-corrected chi connectivity index (χ1v) is 14.0. The van der Waals surface area contributed by atoms with Crippen molar-refractivity contribution in [2.75, 3.05) is 43.5 Å². The standard InChI is InChI=1S/C31H27F3N6O3/c32-31(33,34)28-24-11-12-39(30(41)27(24)40(36-28)22-9-10-26-25(17-22)29(35)37-43-26)21-7-5-19(6-8-21)23-4-2-1-3-20(23)18-38-13-15-42-16-14-38/h1-10,17H,11-16,18H2,(H2,35,37)/p+1. The number of carbonyl (C=O) groups excluding carboxylic acids is 1. The maximum absolute atomic E-state index is 14.1. The Morgan fingerprint density at radius 3 is 2.49 bits per heavy atom. The molecule has 0 radical (unpaired) electrons. The van der Waals surface area contributed by atoms with Crippen LogP contribution in [0.25, 0.3) is 27.8 Å². The van der Waals surface area contributed by atoms with Crippen LogP contribution in [0.15, 0.2) is 71.3 Å². The Bertz CT molecular complexity index is 1820. The third kappa shape index (κ3) is 4.92. The van der Waals surface area contributed by atoms with Gasteiger partial charge in [-0.3, -0.25) is 4.79 Å². The molecule has 43 heavy (non-hydrogen) atoms. The lowest BCUT2D eigenvalue weighted by Gasteiger charge is -2.28. The van der Waals surface area contributed by atoms with Crippen LogP contribution >= 0.6 is 0 Å². The average molecular weight is 590 g/mol. The average Bonchev–Trinajstić information content (AvgIpc) is 3.60. The van der Waals surface area contributed by atoms with Crippen LogP contribution in [0.2, 0.25) is 0 Å². The number of hydrogen-bond donors (Lipinski definition) is 2. The lowest BCUT2D eigenvalue weighted by molar-refractivity contribution is -0.921. The van der Waals surface area contributed by atoms with Gasteiger partial charge in [-0.1, -0.05) is 41.6 Å². The van der Waals surface area contributed by atoms with Crippen molar-refractivity contribution in [2.24, 2.45) is 0 Å². The number of quaternary nitrogens is 1. The fourth-order valence-electron chi connectivity index (χ4n) is 5.98. The highest BCUT2D eigenvalue weighted by Gasteiger charge is 2.43. The van der Waals surface area contributed by atoms with Crippen molar-refractivity contribution in [1.82, 2.24) is 14.9 Å². The summed E-state index contributed by atoms with van der Waals surface area (Å²) in [6.07, 6.45) is -4.73. The highest BCUT2D eigenvalue weighted by Crippen LogP contribution is 2.38. The molecule has 2 aliphatic heterocycles. The first-order chi connectivity index (χ1) is 20.8. The third-order valence-corrected chi connectivity index (χ3v) is 8.16. The normalized spacial score (nSPS) is 16.2. The minimum Gasteiger partial charge on any atom is -0.380 e. The van der Waals surface area contributed by atoms with E-state index in [1.807, 2.05) is 36.4 Å². The largest absolute Gasteiger partial charge is 0.435 e. The van der Waals surface area contributed by atoms with Crippen molar-refractivity contribution in [2.45, 2.75) is 19.1 Å². The predicted octanol–water partition coefficient (Wildman–Crippen LogP) is 3.90. The van der Waals surface area contributed by atoms with Crippen molar-refractivity contribution in [1.29, 1.82) is 0 Å². The number of anilines is 2. The molecule has 5 aromatic rings. The molecule has 220 valence electrons. The summed E-state index contributed by atoms with van der Waals surface area (Å²) in [5.74, 6) is -0.471. The molecule has 4 heterocycles. The van der Waals surface area contributed by atoms with E-state index in [4.69, 9.17) is 15.0 Å². The lowest BCUT2D eigenvalue weighted by Crippen LogP contribution is -3.12. The van der Waals surface area contributed by atoms with E-state index in [1.54, 1.807) is 0 Å². The molecule has 2 aromatic heterocycles. The number of nitrogens with two attached hydrogens (primary N) is 1. The monoisotopic (exact) mass is 589 g/mol. The van der Waals surface area contributed by atoms with Gasteiger partial charge in [0.15, 0.2) is 17.1 Å². The summed E-state index contributed by atoms with van der Waals surface area (Å²) in [5, 5.41) is 8.01. The molecular weight excluding hydrogens is 561 g/mol. The molecule has 0 spiro atoms. The Morgan fingerprint density at radius 2 is 1.72 bits per heavy atom. The number of hydrogen-bond acceptors (Lipinski definition) is 6. The number of halogens is 3. The first-order valence-electron chi connectivity index (χ1n) is 14.0. The molecular formula is C31H28F3N6O3+. The number of morpholine rings is 1. The van der Waals surface area contributed by atoms with E-state index >= 15 is 0 Å². The number of nitrogens with zero attached hydrogens (tertiary/aromatic N) is 4. The molecule has 0 saturated carbocycles. The highest BCUT2D eigenvalue weighted by molar-refractivity contribution is 6.08. The number of alkyl halides is 3. The zero-order valence-electron chi connectivity index (χ0n) is 23.0. The Hall–Kier alpha value is -4.68. The minimum absolute atomic E-state index is 0.000473. The summed E-state index contributed by atoms with van der Waals surface area (Å²) in [6.45, 7) is 4.40.